The minimum atomic E-state index is -5.25. The molecular formula is C25H40N5Na2O8P. The van der Waals surface area contributed by atoms with Gasteiger partial charge in [-0.15, -0.1) is 0 Å². The number of hydrogen-bond acceptors (Lipinski definition) is 11. The van der Waals surface area contributed by atoms with Crippen molar-refractivity contribution in [3.63, 3.8) is 0 Å². The molecule has 1 fully saturated rings. The summed E-state index contributed by atoms with van der Waals surface area (Å²) in [5.74, 6) is -0.285. The minimum absolute atomic E-state index is 0. The minimum Gasteiger partial charge on any atom is -0.862 e. The van der Waals surface area contributed by atoms with Crippen LogP contribution < -0.4 is 69.1 Å². The smallest absolute Gasteiger partial charge is 0.862 e. The van der Waals surface area contributed by atoms with Gasteiger partial charge in [-0.3, -0.25) is 9.13 Å². The van der Waals surface area contributed by atoms with Crippen molar-refractivity contribution >= 4 is 30.7 Å². The summed E-state index contributed by atoms with van der Waals surface area (Å²) in [6, 6.07) is 0. The summed E-state index contributed by atoms with van der Waals surface area (Å²) in [6.45, 7) is 1.60. The fourth-order valence-corrected chi connectivity index (χ4v) is 5.30. The molecule has 13 nitrogen and oxygen atoms in total. The van der Waals surface area contributed by atoms with E-state index in [0.29, 0.717) is 0 Å². The number of aromatic nitrogens is 4. The van der Waals surface area contributed by atoms with E-state index in [9.17, 15) is 24.8 Å². The van der Waals surface area contributed by atoms with Crippen LogP contribution in [0.2, 0.25) is 0 Å². The Hall–Kier alpha value is 0.01000. The van der Waals surface area contributed by atoms with Crippen molar-refractivity contribution in [1.29, 1.82) is 0 Å². The molecule has 1 unspecified atom stereocenters. The number of aliphatic hydroxyl groups excluding tert-OH is 2. The molecule has 1 saturated heterocycles. The van der Waals surface area contributed by atoms with Gasteiger partial charge in [-0.25, -0.2) is 19.9 Å². The molecule has 3 N–H and O–H groups in total. The monoisotopic (exact) mass is 615 g/mol. The fraction of sp³-hybridized carbons (Fsp3) is 0.760. The second kappa shape index (κ2) is 20.1. The van der Waals surface area contributed by atoms with E-state index in [1.54, 1.807) is 0 Å². The van der Waals surface area contributed by atoms with E-state index in [-0.39, 0.29) is 88.4 Å². The van der Waals surface area contributed by atoms with Gasteiger partial charge in [-0.05, 0) is 18.7 Å². The van der Waals surface area contributed by atoms with Crippen molar-refractivity contribution in [3.8, 4) is 0 Å². The number of aliphatic imine (C=N–C) groups is 1. The molecule has 220 valence electrons. The van der Waals surface area contributed by atoms with Crippen LogP contribution in [-0.4, -0.2) is 65.4 Å². The Morgan fingerprint density at radius 2 is 1.63 bits per heavy atom. The molecular weight excluding hydrogens is 575 g/mol. The molecule has 0 amide bonds. The van der Waals surface area contributed by atoms with Gasteiger partial charge in [-0.2, -0.15) is 0 Å². The molecule has 5 atom stereocenters. The maximum absolute atomic E-state index is 12.5. The molecule has 1 aliphatic rings. The topological polar surface area (TPSA) is 198 Å². The summed E-state index contributed by atoms with van der Waals surface area (Å²) >= 11 is 0. The van der Waals surface area contributed by atoms with Crippen LogP contribution in [0.3, 0.4) is 0 Å². The van der Waals surface area contributed by atoms with Gasteiger partial charge in [0, 0.05) is 0 Å². The van der Waals surface area contributed by atoms with Crippen molar-refractivity contribution in [2.45, 2.75) is 115 Å². The van der Waals surface area contributed by atoms with E-state index >= 15 is 0 Å². The summed E-state index contributed by atoms with van der Waals surface area (Å²) < 4.78 is 22.8. The number of nitrogens with zero attached hydrogens (tertiary/aromatic N) is 5. The normalized spacial score (nSPS) is 22.3. The summed E-state index contributed by atoms with van der Waals surface area (Å²) in [6.07, 6.45) is 11.4. The van der Waals surface area contributed by atoms with Crippen LogP contribution in [0.5, 0.6) is 0 Å². The number of unbranched alkanes of at least 4 members (excludes halogenated alkanes) is 11. The van der Waals surface area contributed by atoms with Gasteiger partial charge >= 0.3 is 59.1 Å². The van der Waals surface area contributed by atoms with Crippen LogP contribution in [0, 0.1) is 0 Å². The molecule has 0 spiro atoms. The van der Waals surface area contributed by atoms with E-state index in [0.717, 1.165) is 19.3 Å². The maximum atomic E-state index is 12.5. The molecule has 0 bridgehead atoms. The Bertz CT molecular complexity index is 1110. The largest absolute Gasteiger partial charge is 1.00 e. The van der Waals surface area contributed by atoms with Crippen molar-refractivity contribution in [1.82, 2.24) is 19.5 Å². The molecule has 0 radical (unpaired) electrons. The van der Waals surface area contributed by atoms with Crippen LogP contribution in [-0.2, 0) is 13.8 Å². The van der Waals surface area contributed by atoms with Gasteiger partial charge in [0.05, 0.1) is 12.9 Å². The van der Waals surface area contributed by atoms with E-state index < -0.39 is 39.0 Å². The molecule has 41 heavy (non-hydrogen) atoms. The van der Waals surface area contributed by atoms with Gasteiger partial charge in [-0.1, -0.05) is 77.6 Å². The summed E-state index contributed by atoms with van der Waals surface area (Å²) in [4.78, 5) is 36.9. The third kappa shape index (κ3) is 12.5. The average Bonchev–Trinajstić information content (AvgIpc) is 3.45. The average molecular weight is 616 g/mol. The zero-order chi connectivity index (χ0) is 28.3. The van der Waals surface area contributed by atoms with Crippen LogP contribution in [0.4, 0.5) is 5.82 Å². The molecule has 0 saturated carbocycles. The van der Waals surface area contributed by atoms with Gasteiger partial charge in [0.25, 0.3) is 7.82 Å². The molecule has 16 heteroatoms. The first-order valence-electron chi connectivity index (χ1n) is 13.8. The summed E-state index contributed by atoms with van der Waals surface area (Å²) in [5.41, 5.74) is 0.309. The number of fused-ring (bicyclic) bond motifs is 1. The fourth-order valence-electron chi connectivity index (χ4n) is 4.76. The van der Waals surface area contributed by atoms with Gasteiger partial charge in [0.1, 0.15) is 24.6 Å². The first kappa shape index (κ1) is 39.0. The quantitative estimate of drug-likeness (QED) is 0.0493. The standard InChI is InChI=1S/C25H42N5O8P.2Na/c1-2-3-4-5-6-7-8-9-10-11-12-13-14-19(32)29-23-20-24(27-16-26-23)30(17-28-20)25-22(38-39(34,35)36)21(33)18(15-31)37-25;;/h16-18,21-22,25,31,33H,2-15H2,1H3,(H2,34,35,36)(H,26,27,29,32);;/q;2*+1/p-2/t18-,21-,22-,25-;;/m1../s1. The number of phosphoric ester groups is 1. The summed E-state index contributed by atoms with van der Waals surface area (Å²) in [7, 11) is -5.25. The first-order chi connectivity index (χ1) is 18.7. The number of ether oxygens (including phenoxy) is 1. The molecule has 0 aromatic carbocycles. The molecule has 3 heterocycles. The van der Waals surface area contributed by atoms with Crippen LogP contribution in [0.25, 0.3) is 11.2 Å². The van der Waals surface area contributed by atoms with E-state index in [2.05, 4.69) is 31.4 Å². The van der Waals surface area contributed by atoms with Gasteiger partial charge in [0.2, 0.25) is 0 Å². The van der Waals surface area contributed by atoms with Crippen molar-refractivity contribution in [2.24, 2.45) is 4.99 Å². The first-order valence-corrected chi connectivity index (χ1v) is 15.3. The van der Waals surface area contributed by atoms with Crippen LogP contribution in [0.15, 0.2) is 17.6 Å². The Kier molecular flexibility index (Phi) is 19.2. The number of hydrogen-bond donors (Lipinski definition) is 3. The Labute approximate surface area is 285 Å². The van der Waals surface area contributed by atoms with E-state index in [1.165, 1.54) is 75.0 Å². The van der Waals surface area contributed by atoms with Crippen LogP contribution in [0.1, 0.15) is 96.6 Å². The SMILES string of the molecule is CCCCCCCCCCCCCCC([O-])=Nc1ncnc2c1ncn2[C@@H]1O[C@H](CO)[C@@H](O)[C@H]1OP(=O)([O-])O.[Na+].[Na+]. The third-order valence-corrected chi connectivity index (χ3v) is 7.35. The number of phosphoric acid groups is 1. The van der Waals surface area contributed by atoms with Crippen molar-refractivity contribution < 1.29 is 98.0 Å². The maximum Gasteiger partial charge on any atom is 1.00 e. The molecule has 1 aliphatic heterocycles. The van der Waals surface area contributed by atoms with Crippen LogP contribution >= 0.6 is 7.82 Å². The van der Waals surface area contributed by atoms with Crippen molar-refractivity contribution in [3.05, 3.63) is 12.7 Å². The Balaban J connectivity index is 0.00000420. The second-order valence-electron chi connectivity index (χ2n) is 9.94. The Morgan fingerprint density at radius 1 is 1.05 bits per heavy atom. The number of aliphatic hydroxyl groups is 2. The zero-order valence-corrected chi connectivity index (χ0v) is 29.3. The molecule has 0 aliphatic carbocycles. The summed E-state index contributed by atoms with van der Waals surface area (Å²) in [5, 5.41) is 32.3. The number of rotatable bonds is 18. The second-order valence-corrected chi connectivity index (χ2v) is 11.1. The van der Waals surface area contributed by atoms with Gasteiger partial charge in [0.15, 0.2) is 23.2 Å². The molecule has 3 rings (SSSR count). The van der Waals surface area contributed by atoms with E-state index in [4.69, 9.17) is 9.63 Å². The van der Waals surface area contributed by atoms with E-state index in [1.807, 2.05) is 0 Å². The zero-order valence-electron chi connectivity index (χ0n) is 24.4. The molecule has 2 aromatic rings. The third-order valence-electron chi connectivity index (χ3n) is 6.84. The Morgan fingerprint density at radius 3 is 2.20 bits per heavy atom. The predicted molar refractivity (Wildman–Crippen MR) is 140 cm³/mol. The van der Waals surface area contributed by atoms with Crippen molar-refractivity contribution in [2.75, 3.05) is 6.61 Å². The van der Waals surface area contributed by atoms with Gasteiger partial charge < -0.3 is 34.4 Å². The number of imidazole rings is 1. The predicted octanol–water partition coefficient (Wildman–Crippen LogP) is -3.59. The molecule has 2 aromatic heterocycles.